The molecule has 0 saturated carbocycles. The van der Waals surface area contributed by atoms with Crippen LogP contribution in [0.1, 0.15) is 24.8 Å². The van der Waals surface area contributed by atoms with E-state index in [0.717, 1.165) is 42.7 Å². The lowest BCUT2D eigenvalue weighted by molar-refractivity contribution is -0.115. The molecule has 0 spiro atoms. The van der Waals surface area contributed by atoms with Crippen LogP contribution in [0.15, 0.2) is 47.6 Å². The Morgan fingerprint density at radius 1 is 1.16 bits per heavy atom. The smallest absolute Gasteiger partial charge is 0.232 e. The standard InChI is InChI=1S/C23H26ClN5O2S/c1-16-5-8-18(9-6-16)29-22(28-12-3-4-13-28)26-27-23(29)32-14-11-21(30)25-19-15-17(24)7-10-20(19)31-2/h5-10,15H,3-4,11-14H2,1-2H3,(H,25,30). The fraction of sp³-hybridized carbons (Fsp3) is 0.348. The Hall–Kier alpha value is -2.71. The van der Waals surface area contributed by atoms with Gasteiger partial charge in [-0.15, -0.1) is 10.2 Å². The molecule has 9 heteroatoms. The molecule has 1 aromatic heterocycles. The number of aryl methyl sites for hydroxylation is 1. The Kier molecular flexibility index (Phi) is 7.22. The number of carbonyl (C=O) groups is 1. The molecule has 1 aliphatic heterocycles. The summed E-state index contributed by atoms with van der Waals surface area (Å²) in [6.07, 6.45) is 2.65. The first-order valence-electron chi connectivity index (χ1n) is 10.6. The van der Waals surface area contributed by atoms with Crippen molar-refractivity contribution in [3.05, 3.63) is 53.1 Å². The molecular formula is C23H26ClN5O2S. The van der Waals surface area contributed by atoms with Crippen LogP contribution in [0.25, 0.3) is 5.69 Å². The van der Waals surface area contributed by atoms with Crippen LogP contribution in [-0.2, 0) is 4.79 Å². The third-order valence-corrected chi connectivity index (χ3v) is 6.46. The molecule has 32 heavy (non-hydrogen) atoms. The van der Waals surface area contributed by atoms with E-state index >= 15 is 0 Å². The topological polar surface area (TPSA) is 72.3 Å². The zero-order valence-corrected chi connectivity index (χ0v) is 19.7. The largest absolute Gasteiger partial charge is 0.495 e. The number of anilines is 2. The van der Waals surface area contributed by atoms with E-state index in [1.807, 2.05) is 0 Å². The highest BCUT2D eigenvalue weighted by Crippen LogP contribution is 2.30. The molecule has 7 nitrogen and oxygen atoms in total. The first-order valence-corrected chi connectivity index (χ1v) is 11.9. The second kappa shape index (κ2) is 10.3. The summed E-state index contributed by atoms with van der Waals surface area (Å²) < 4.78 is 7.39. The number of hydrogen-bond donors (Lipinski definition) is 1. The van der Waals surface area contributed by atoms with E-state index < -0.39 is 0 Å². The Labute approximate surface area is 197 Å². The number of thioether (sulfide) groups is 1. The third kappa shape index (κ3) is 5.19. The molecule has 2 heterocycles. The van der Waals surface area contributed by atoms with Gasteiger partial charge in [0.05, 0.1) is 18.5 Å². The van der Waals surface area contributed by atoms with Gasteiger partial charge in [-0.3, -0.25) is 9.36 Å². The SMILES string of the molecule is COc1ccc(Cl)cc1NC(=O)CCSc1nnc(N2CCCC2)n1-c1ccc(C)cc1. The third-order valence-electron chi connectivity index (χ3n) is 5.29. The molecule has 1 saturated heterocycles. The zero-order chi connectivity index (χ0) is 22.5. The normalized spacial score (nSPS) is 13.4. The maximum absolute atomic E-state index is 12.5. The van der Waals surface area contributed by atoms with E-state index in [4.69, 9.17) is 16.3 Å². The number of ether oxygens (including phenoxy) is 1. The Morgan fingerprint density at radius 2 is 1.91 bits per heavy atom. The van der Waals surface area contributed by atoms with E-state index in [2.05, 4.69) is 56.2 Å². The lowest BCUT2D eigenvalue weighted by Crippen LogP contribution is -2.22. The van der Waals surface area contributed by atoms with Gasteiger partial charge in [0.15, 0.2) is 5.16 Å². The van der Waals surface area contributed by atoms with Gasteiger partial charge in [-0.05, 0) is 50.1 Å². The molecule has 1 aliphatic rings. The molecule has 1 N–H and O–H groups in total. The summed E-state index contributed by atoms with van der Waals surface area (Å²) in [6, 6.07) is 13.5. The van der Waals surface area contributed by atoms with Crippen molar-refractivity contribution in [2.24, 2.45) is 0 Å². The van der Waals surface area contributed by atoms with Gasteiger partial charge in [-0.25, -0.2) is 0 Å². The molecule has 0 radical (unpaired) electrons. The minimum atomic E-state index is -0.112. The quantitative estimate of drug-likeness (QED) is 0.468. The number of benzene rings is 2. The first kappa shape index (κ1) is 22.5. The van der Waals surface area contributed by atoms with Gasteiger partial charge in [0.2, 0.25) is 11.9 Å². The highest BCUT2D eigenvalue weighted by atomic mass is 35.5. The molecule has 0 bridgehead atoms. The molecule has 168 valence electrons. The molecule has 3 aromatic rings. The Balaban J connectivity index is 1.46. The zero-order valence-electron chi connectivity index (χ0n) is 18.2. The average Bonchev–Trinajstić information content (AvgIpc) is 3.44. The van der Waals surface area contributed by atoms with Gasteiger partial charge in [-0.2, -0.15) is 0 Å². The van der Waals surface area contributed by atoms with Crippen LogP contribution in [-0.4, -0.2) is 46.6 Å². The van der Waals surface area contributed by atoms with Gasteiger partial charge >= 0.3 is 0 Å². The van der Waals surface area contributed by atoms with Gasteiger partial charge in [-0.1, -0.05) is 41.1 Å². The summed E-state index contributed by atoms with van der Waals surface area (Å²) in [6.45, 7) is 4.04. The first-order chi connectivity index (χ1) is 15.5. The fourth-order valence-electron chi connectivity index (χ4n) is 3.62. The fourth-order valence-corrected chi connectivity index (χ4v) is 4.68. The van der Waals surface area contributed by atoms with Crippen LogP contribution < -0.4 is 15.0 Å². The number of rotatable bonds is 8. The monoisotopic (exact) mass is 471 g/mol. The van der Waals surface area contributed by atoms with E-state index in [-0.39, 0.29) is 5.91 Å². The van der Waals surface area contributed by atoms with Crippen LogP contribution in [0.2, 0.25) is 5.02 Å². The highest BCUT2D eigenvalue weighted by Gasteiger charge is 2.22. The molecule has 0 aliphatic carbocycles. The highest BCUT2D eigenvalue weighted by molar-refractivity contribution is 7.99. The second-order valence-electron chi connectivity index (χ2n) is 7.64. The van der Waals surface area contributed by atoms with Crippen LogP contribution in [0, 0.1) is 6.92 Å². The molecule has 0 atom stereocenters. The van der Waals surface area contributed by atoms with Crippen LogP contribution in [0.5, 0.6) is 5.75 Å². The van der Waals surface area contributed by atoms with Crippen molar-refractivity contribution >= 4 is 40.9 Å². The average molecular weight is 472 g/mol. The Bertz CT molecular complexity index is 1080. The predicted molar refractivity (Wildman–Crippen MR) is 130 cm³/mol. The van der Waals surface area contributed by atoms with Crippen molar-refractivity contribution in [2.75, 3.05) is 36.2 Å². The summed E-state index contributed by atoms with van der Waals surface area (Å²) >= 11 is 7.57. The van der Waals surface area contributed by atoms with E-state index in [0.29, 0.717) is 28.6 Å². The molecule has 0 unspecified atom stereocenters. The van der Waals surface area contributed by atoms with Crippen molar-refractivity contribution in [1.29, 1.82) is 0 Å². The van der Waals surface area contributed by atoms with Crippen molar-refractivity contribution in [3.8, 4) is 11.4 Å². The summed E-state index contributed by atoms with van der Waals surface area (Å²) in [5, 5.41) is 13.1. The predicted octanol–water partition coefficient (Wildman–Crippen LogP) is 4.96. The Morgan fingerprint density at radius 3 is 2.62 bits per heavy atom. The lowest BCUT2D eigenvalue weighted by atomic mass is 10.2. The second-order valence-corrected chi connectivity index (χ2v) is 9.14. The number of nitrogens with zero attached hydrogens (tertiary/aromatic N) is 4. The van der Waals surface area contributed by atoms with Crippen LogP contribution in [0.3, 0.4) is 0 Å². The number of methoxy groups -OCH3 is 1. The molecule has 1 fully saturated rings. The molecule has 1 amide bonds. The number of carbonyl (C=O) groups excluding carboxylic acids is 1. The number of hydrogen-bond acceptors (Lipinski definition) is 6. The lowest BCUT2D eigenvalue weighted by Gasteiger charge is -2.18. The minimum absolute atomic E-state index is 0.112. The maximum atomic E-state index is 12.5. The van der Waals surface area contributed by atoms with E-state index in [1.165, 1.54) is 17.3 Å². The summed E-state index contributed by atoms with van der Waals surface area (Å²) in [7, 11) is 1.56. The summed E-state index contributed by atoms with van der Waals surface area (Å²) in [4.78, 5) is 14.8. The number of halogens is 1. The number of aromatic nitrogens is 3. The summed E-state index contributed by atoms with van der Waals surface area (Å²) in [5.74, 6) is 1.89. The summed E-state index contributed by atoms with van der Waals surface area (Å²) in [5.41, 5.74) is 2.79. The van der Waals surface area contributed by atoms with Crippen LogP contribution in [0.4, 0.5) is 11.6 Å². The molecule has 4 rings (SSSR count). The van der Waals surface area contributed by atoms with E-state index in [9.17, 15) is 4.79 Å². The van der Waals surface area contributed by atoms with Crippen molar-refractivity contribution in [3.63, 3.8) is 0 Å². The molecular weight excluding hydrogens is 446 g/mol. The van der Waals surface area contributed by atoms with Crippen molar-refractivity contribution in [1.82, 2.24) is 14.8 Å². The maximum Gasteiger partial charge on any atom is 0.232 e. The van der Waals surface area contributed by atoms with Crippen molar-refractivity contribution in [2.45, 2.75) is 31.3 Å². The van der Waals surface area contributed by atoms with Crippen molar-refractivity contribution < 1.29 is 9.53 Å². The number of amides is 1. The van der Waals surface area contributed by atoms with Crippen LogP contribution >= 0.6 is 23.4 Å². The van der Waals surface area contributed by atoms with E-state index in [1.54, 1.807) is 25.3 Å². The van der Waals surface area contributed by atoms with Gasteiger partial charge in [0.1, 0.15) is 5.75 Å². The van der Waals surface area contributed by atoms with Gasteiger partial charge in [0.25, 0.3) is 0 Å². The minimum Gasteiger partial charge on any atom is -0.495 e. The number of nitrogens with one attached hydrogen (secondary N) is 1. The molecule has 2 aromatic carbocycles. The van der Waals surface area contributed by atoms with Gasteiger partial charge < -0.3 is 15.0 Å². The van der Waals surface area contributed by atoms with Gasteiger partial charge in [0, 0.05) is 30.3 Å².